The van der Waals surface area contributed by atoms with Crippen molar-refractivity contribution in [2.45, 2.75) is 18.2 Å². The molecule has 0 spiro atoms. The lowest BCUT2D eigenvalue weighted by Crippen LogP contribution is -2.43. The van der Waals surface area contributed by atoms with Crippen LogP contribution in [0.4, 0.5) is 25.1 Å². The minimum Gasteiger partial charge on any atom is -0.326 e. The summed E-state index contributed by atoms with van der Waals surface area (Å²) in [6, 6.07) is 10.2. The lowest BCUT2D eigenvalue weighted by Gasteiger charge is -2.20. The first-order valence-corrected chi connectivity index (χ1v) is 13.2. The average molecular weight is 535 g/mol. The van der Waals surface area contributed by atoms with Crippen LogP contribution in [0.15, 0.2) is 54.7 Å². The van der Waals surface area contributed by atoms with Crippen LogP contribution in [0.1, 0.15) is 12.0 Å². The third-order valence-corrected chi connectivity index (χ3v) is 6.62. The molecule has 8 nitrogen and oxygen atoms in total. The number of halogens is 3. The van der Waals surface area contributed by atoms with E-state index in [2.05, 4.69) is 15.6 Å². The number of pyridine rings is 1. The summed E-state index contributed by atoms with van der Waals surface area (Å²) in [5.41, 5.74) is 0.178. The van der Waals surface area contributed by atoms with Crippen LogP contribution in [-0.2, 0) is 20.4 Å². The molecular weight excluding hydrogens is 514 g/mol. The Hall–Kier alpha value is -3.57. The zero-order valence-corrected chi connectivity index (χ0v) is 20.5. The number of nitrogens with one attached hydrogen (secondary N) is 2. The van der Waals surface area contributed by atoms with Crippen LogP contribution in [0.2, 0.25) is 5.02 Å². The lowest BCUT2D eigenvalue weighted by molar-refractivity contribution is -0.118. The largest absolute Gasteiger partial charge is 0.326 e. The van der Waals surface area contributed by atoms with Crippen molar-refractivity contribution in [2.75, 3.05) is 23.0 Å². The van der Waals surface area contributed by atoms with Gasteiger partial charge in [0.25, 0.3) is 0 Å². The van der Waals surface area contributed by atoms with E-state index in [1.54, 1.807) is 12.1 Å². The predicted octanol–water partition coefficient (Wildman–Crippen LogP) is 4.15. The van der Waals surface area contributed by atoms with Crippen LogP contribution >= 0.6 is 11.6 Å². The highest BCUT2D eigenvalue weighted by Crippen LogP contribution is 2.34. The summed E-state index contributed by atoms with van der Waals surface area (Å²) in [7, 11) is -3.42. The van der Waals surface area contributed by atoms with Crippen molar-refractivity contribution in [2.24, 2.45) is 0 Å². The fraction of sp³-hybridized carbons (Fsp3) is 0.208. The second-order valence-corrected chi connectivity index (χ2v) is 10.9. The number of nitrogens with zero attached hydrogens (tertiary/aromatic N) is 2. The fourth-order valence-electron chi connectivity index (χ4n) is 3.96. The molecule has 2 N–H and O–H groups in total. The van der Waals surface area contributed by atoms with Gasteiger partial charge in [-0.3, -0.25) is 10.1 Å². The van der Waals surface area contributed by atoms with Gasteiger partial charge in [0, 0.05) is 24.6 Å². The molecule has 188 valence electrons. The SMILES string of the molecule is CS(=O)(=O)Cc1ccccc1-c1ccc(N2CC[C@@H](NC(=O)Nc3ccc(Cl)cn3)C2=O)c(F)c1F. The topological polar surface area (TPSA) is 108 Å². The Balaban J connectivity index is 1.52. The smallest absolute Gasteiger partial charge is 0.321 e. The monoisotopic (exact) mass is 534 g/mol. The van der Waals surface area contributed by atoms with Gasteiger partial charge in [0.05, 0.1) is 16.5 Å². The number of carbonyl (C=O) groups is 2. The molecule has 1 aliphatic heterocycles. The van der Waals surface area contributed by atoms with Crippen molar-refractivity contribution in [3.63, 3.8) is 0 Å². The molecule has 12 heteroatoms. The highest BCUT2D eigenvalue weighted by atomic mass is 35.5. The van der Waals surface area contributed by atoms with Gasteiger partial charge < -0.3 is 10.2 Å². The molecule has 1 fully saturated rings. The fourth-order valence-corrected chi connectivity index (χ4v) is 4.89. The Morgan fingerprint density at radius 2 is 1.86 bits per heavy atom. The highest BCUT2D eigenvalue weighted by molar-refractivity contribution is 7.89. The predicted molar refractivity (Wildman–Crippen MR) is 133 cm³/mol. The van der Waals surface area contributed by atoms with E-state index in [1.165, 1.54) is 42.6 Å². The van der Waals surface area contributed by atoms with E-state index in [1.807, 2.05) is 0 Å². The maximum atomic E-state index is 15.2. The second-order valence-electron chi connectivity index (χ2n) is 8.28. The molecular formula is C24H21ClF2N4O4S. The standard InChI is InChI=1S/C24H21ClF2N4O4S/c1-36(34,35)13-14-4-2-3-5-16(14)17-7-8-19(22(27)21(17)26)31-11-10-18(23(31)32)29-24(33)30-20-9-6-15(25)12-28-20/h2-9,12,18H,10-11,13H2,1H3,(H2,28,29,30,33)/t18-/m1/s1. The Bertz CT molecular complexity index is 1430. The molecule has 1 aliphatic rings. The number of urea groups is 1. The Labute approximate surface area is 211 Å². The number of hydrogen-bond donors (Lipinski definition) is 2. The first kappa shape index (κ1) is 25.5. The van der Waals surface area contributed by atoms with Crippen LogP contribution in [0, 0.1) is 11.6 Å². The third kappa shape index (κ3) is 5.63. The molecule has 0 radical (unpaired) electrons. The zero-order valence-electron chi connectivity index (χ0n) is 19.0. The Kier molecular flexibility index (Phi) is 7.23. The zero-order chi connectivity index (χ0) is 26.0. The van der Waals surface area contributed by atoms with Crippen molar-refractivity contribution in [3.05, 3.63) is 76.9 Å². The molecule has 0 saturated carbocycles. The number of benzene rings is 2. The van der Waals surface area contributed by atoms with Crippen molar-refractivity contribution < 1.29 is 26.8 Å². The van der Waals surface area contributed by atoms with Gasteiger partial charge in [0.2, 0.25) is 5.91 Å². The van der Waals surface area contributed by atoms with Crippen LogP contribution in [0.25, 0.3) is 11.1 Å². The maximum Gasteiger partial charge on any atom is 0.321 e. The van der Waals surface area contributed by atoms with Gasteiger partial charge in [-0.25, -0.2) is 27.0 Å². The summed E-state index contributed by atoms with van der Waals surface area (Å²) in [5.74, 6) is -3.16. The molecule has 2 heterocycles. The molecule has 1 saturated heterocycles. The summed E-state index contributed by atoms with van der Waals surface area (Å²) in [4.78, 5) is 30.1. The molecule has 1 atom stereocenters. The van der Waals surface area contributed by atoms with Crippen LogP contribution in [0.3, 0.4) is 0 Å². The lowest BCUT2D eigenvalue weighted by atomic mass is 9.99. The van der Waals surface area contributed by atoms with E-state index in [9.17, 15) is 18.0 Å². The molecule has 2 aromatic carbocycles. The van der Waals surface area contributed by atoms with Gasteiger partial charge >= 0.3 is 6.03 Å². The van der Waals surface area contributed by atoms with Crippen molar-refractivity contribution in [1.29, 1.82) is 0 Å². The summed E-state index contributed by atoms with van der Waals surface area (Å²) in [6.07, 6.45) is 2.58. The quantitative estimate of drug-likeness (QED) is 0.494. The summed E-state index contributed by atoms with van der Waals surface area (Å²) in [6.45, 7) is 0.0589. The van der Waals surface area contributed by atoms with Crippen molar-refractivity contribution >= 4 is 44.9 Å². The van der Waals surface area contributed by atoms with Gasteiger partial charge in [0.1, 0.15) is 11.9 Å². The summed E-state index contributed by atoms with van der Waals surface area (Å²) >= 11 is 5.76. The summed E-state index contributed by atoms with van der Waals surface area (Å²) < 4.78 is 53.8. The minimum absolute atomic E-state index is 0.0589. The van der Waals surface area contributed by atoms with E-state index in [0.717, 1.165) is 11.2 Å². The molecule has 4 rings (SSSR count). The molecule has 3 amide bonds. The number of anilines is 2. The van der Waals surface area contributed by atoms with Crippen LogP contribution in [-0.4, -0.2) is 44.2 Å². The highest BCUT2D eigenvalue weighted by Gasteiger charge is 2.36. The Morgan fingerprint density at radius 3 is 2.56 bits per heavy atom. The molecule has 36 heavy (non-hydrogen) atoms. The van der Waals surface area contributed by atoms with Crippen molar-refractivity contribution in [1.82, 2.24) is 10.3 Å². The first-order chi connectivity index (χ1) is 17.0. The number of hydrogen-bond acceptors (Lipinski definition) is 5. The summed E-state index contributed by atoms with van der Waals surface area (Å²) in [5, 5.41) is 5.37. The maximum absolute atomic E-state index is 15.2. The minimum atomic E-state index is -3.42. The van der Waals surface area contributed by atoms with E-state index >= 15 is 8.78 Å². The number of rotatable bonds is 6. The second kappa shape index (κ2) is 10.2. The molecule has 0 bridgehead atoms. The molecule has 3 aromatic rings. The van der Waals surface area contributed by atoms with Gasteiger partial charge in [0.15, 0.2) is 21.5 Å². The number of aromatic nitrogens is 1. The molecule has 0 aliphatic carbocycles. The Morgan fingerprint density at radius 1 is 1.11 bits per heavy atom. The third-order valence-electron chi connectivity index (χ3n) is 5.56. The van der Waals surface area contributed by atoms with E-state index in [4.69, 9.17) is 11.6 Å². The van der Waals surface area contributed by atoms with Gasteiger partial charge in [-0.15, -0.1) is 0 Å². The van der Waals surface area contributed by atoms with Crippen LogP contribution < -0.4 is 15.5 Å². The van der Waals surface area contributed by atoms with E-state index in [-0.39, 0.29) is 41.4 Å². The number of sulfone groups is 1. The first-order valence-electron chi connectivity index (χ1n) is 10.8. The van der Waals surface area contributed by atoms with Gasteiger partial charge in [-0.1, -0.05) is 35.9 Å². The number of amides is 3. The number of carbonyl (C=O) groups excluding carboxylic acids is 2. The van der Waals surface area contributed by atoms with E-state index in [0.29, 0.717) is 10.6 Å². The van der Waals surface area contributed by atoms with E-state index < -0.39 is 39.5 Å². The van der Waals surface area contributed by atoms with Gasteiger partial charge in [-0.2, -0.15) is 0 Å². The molecule has 1 aromatic heterocycles. The van der Waals surface area contributed by atoms with Crippen LogP contribution in [0.5, 0.6) is 0 Å². The van der Waals surface area contributed by atoms with Gasteiger partial charge in [-0.05, 0) is 41.8 Å². The normalized spacial score (nSPS) is 15.7. The molecule has 0 unspecified atom stereocenters. The van der Waals surface area contributed by atoms with Crippen molar-refractivity contribution in [3.8, 4) is 11.1 Å². The average Bonchev–Trinajstić information content (AvgIpc) is 3.16.